The maximum atomic E-state index is 10.9. The number of hydrogen-bond donors (Lipinski definition) is 0. The molecule has 1 aromatic carbocycles. The Labute approximate surface area is 71.3 Å². The van der Waals surface area contributed by atoms with Crippen LogP contribution in [0.15, 0.2) is 24.3 Å². The van der Waals surface area contributed by atoms with Gasteiger partial charge in [0.05, 0.1) is 0 Å². The van der Waals surface area contributed by atoms with Crippen molar-refractivity contribution in [2.24, 2.45) is 0 Å². The van der Waals surface area contributed by atoms with Crippen LogP contribution in [0.4, 0.5) is 0 Å². The Morgan fingerprint density at radius 1 is 1.00 bits per heavy atom. The minimum Gasteiger partial charge on any atom is -0.114 e. The van der Waals surface area contributed by atoms with Gasteiger partial charge in [-0.1, -0.05) is 24.3 Å². The van der Waals surface area contributed by atoms with Crippen LogP contribution in [0.5, 0.6) is 0 Å². The van der Waals surface area contributed by atoms with E-state index in [2.05, 4.69) is 0 Å². The molecule has 0 spiro atoms. The third kappa shape index (κ3) is 1.69. The largest absolute Gasteiger partial charge is 0.698 e. The first-order chi connectivity index (χ1) is 5.84. The molecule has 0 aliphatic carbocycles. The van der Waals surface area contributed by atoms with E-state index in [1.54, 1.807) is 0 Å². The molecule has 2 heterocycles. The molecule has 0 fully saturated rings. The van der Waals surface area contributed by atoms with Gasteiger partial charge in [0.2, 0.25) is 0 Å². The van der Waals surface area contributed by atoms with Gasteiger partial charge in [0.25, 0.3) is 0 Å². The van der Waals surface area contributed by atoms with Gasteiger partial charge in [0, 0.05) is 4.57 Å². The average Bonchev–Trinajstić information content (AvgIpc) is 2.24. The van der Waals surface area contributed by atoms with Gasteiger partial charge in [-0.3, -0.25) is 0 Å². The monoisotopic (exact) mass is 183 g/mol. The lowest BCUT2D eigenvalue weighted by Gasteiger charge is -1.93. The summed E-state index contributed by atoms with van der Waals surface area (Å²) in [5, 5.41) is 0. The van der Waals surface area contributed by atoms with Gasteiger partial charge in [0.15, 0.2) is 0 Å². The van der Waals surface area contributed by atoms with E-state index in [0.29, 0.717) is 13.2 Å². The van der Waals surface area contributed by atoms with Gasteiger partial charge in [-0.05, 0) is 11.1 Å². The maximum absolute atomic E-state index is 10.9. The average molecular weight is 183 g/mol. The topological polar surface area (TPSA) is 35.5 Å². The van der Waals surface area contributed by atoms with E-state index >= 15 is 0 Å². The van der Waals surface area contributed by atoms with E-state index in [-0.39, 0.29) is 0 Å². The molecule has 2 aliphatic rings. The normalized spacial score (nSPS) is 16.8. The first-order valence-corrected chi connectivity index (χ1v) is 4.75. The summed E-state index contributed by atoms with van der Waals surface area (Å²) in [7, 11) is -1.94. The van der Waals surface area contributed by atoms with Crippen molar-refractivity contribution in [3.05, 3.63) is 35.4 Å². The van der Waals surface area contributed by atoms with Crippen molar-refractivity contribution in [2.45, 2.75) is 13.2 Å². The van der Waals surface area contributed by atoms with Crippen molar-refractivity contribution < 1.29 is 13.6 Å². The van der Waals surface area contributed by atoms with Crippen LogP contribution in [0.25, 0.3) is 0 Å². The SMILES string of the molecule is O=[P+]1OCc2ccc(cc2)CO1. The molecule has 0 saturated heterocycles. The molecule has 4 heteroatoms. The van der Waals surface area contributed by atoms with Crippen LogP contribution in [0.2, 0.25) is 0 Å². The number of hydrogen-bond acceptors (Lipinski definition) is 3. The third-order valence-corrected chi connectivity index (χ3v) is 2.38. The van der Waals surface area contributed by atoms with E-state index in [4.69, 9.17) is 9.05 Å². The zero-order valence-corrected chi connectivity index (χ0v) is 7.29. The van der Waals surface area contributed by atoms with Crippen molar-refractivity contribution in [2.75, 3.05) is 0 Å². The van der Waals surface area contributed by atoms with Crippen LogP contribution in [-0.2, 0) is 26.8 Å². The summed E-state index contributed by atoms with van der Waals surface area (Å²) in [6.07, 6.45) is 0. The second-order valence-electron chi connectivity index (χ2n) is 2.59. The smallest absolute Gasteiger partial charge is 0.114 e. The minimum absolute atomic E-state index is 0.357. The highest BCUT2D eigenvalue weighted by atomic mass is 31.1. The van der Waals surface area contributed by atoms with Crippen LogP contribution >= 0.6 is 8.25 Å². The van der Waals surface area contributed by atoms with Gasteiger partial charge in [-0.25, -0.2) is 0 Å². The molecule has 0 N–H and O–H groups in total. The van der Waals surface area contributed by atoms with Gasteiger partial charge < -0.3 is 0 Å². The van der Waals surface area contributed by atoms with Crippen LogP contribution in [-0.4, -0.2) is 0 Å². The van der Waals surface area contributed by atoms with Gasteiger partial charge >= 0.3 is 8.25 Å². The number of benzene rings is 1. The first kappa shape index (κ1) is 7.87. The number of rotatable bonds is 0. The Morgan fingerprint density at radius 2 is 1.42 bits per heavy atom. The molecule has 0 saturated carbocycles. The highest BCUT2D eigenvalue weighted by Crippen LogP contribution is 2.29. The molecule has 0 atom stereocenters. The predicted molar refractivity (Wildman–Crippen MR) is 43.6 cm³/mol. The van der Waals surface area contributed by atoms with E-state index < -0.39 is 8.25 Å². The quantitative estimate of drug-likeness (QED) is 0.579. The fourth-order valence-electron chi connectivity index (χ4n) is 1.02. The molecule has 3 nitrogen and oxygen atoms in total. The van der Waals surface area contributed by atoms with Crippen molar-refractivity contribution >= 4 is 8.25 Å². The van der Waals surface area contributed by atoms with Crippen molar-refractivity contribution in [1.29, 1.82) is 0 Å². The molecule has 0 amide bonds. The molecule has 12 heavy (non-hydrogen) atoms. The molecule has 0 unspecified atom stereocenters. The van der Waals surface area contributed by atoms with Crippen molar-refractivity contribution in [3.63, 3.8) is 0 Å². The summed E-state index contributed by atoms with van der Waals surface area (Å²) >= 11 is 0. The fraction of sp³-hybridized carbons (Fsp3) is 0.250. The van der Waals surface area contributed by atoms with E-state index in [1.165, 1.54) is 0 Å². The Balaban J connectivity index is 2.29. The highest BCUT2D eigenvalue weighted by Gasteiger charge is 2.21. The predicted octanol–water partition coefficient (Wildman–Crippen LogP) is 2.39. The van der Waals surface area contributed by atoms with E-state index in [0.717, 1.165) is 11.1 Å². The Hall–Kier alpha value is -0.760. The summed E-state index contributed by atoms with van der Waals surface area (Å²) in [5.41, 5.74) is 2.04. The van der Waals surface area contributed by atoms with Crippen LogP contribution in [0.3, 0.4) is 0 Å². The summed E-state index contributed by atoms with van der Waals surface area (Å²) in [6, 6.07) is 7.81. The zero-order chi connectivity index (χ0) is 8.39. The molecular weight excluding hydrogens is 175 g/mol. The van der Waals surface area contributed by atoms with Crippen molar-refractivity contribution in [3.8, 4) is 0 Å². The highest BCUT2D eigenvalue weighted by molar-refractivity contribution is 7.33. The van der Waals surface area contributed by atoms with Crippen LogP contribution in [0.1, 0.15) is 11.1 Å². The van der Waals surface area contributed by atoms with E-state index in [9.17, 15) is 4.57 Å². The molecule has 3 rings (SSSR count). The Bertz CT molecular complexity index is 265. The summed E-state index contributed by atoms with van der Waals surface area (Å²) in [6.45, 7) is 0.713. The summed E-state index contributed by atoms with van der Waals surface area (Å²) < 4.78 is 20.8. The maximum Gasteiger partial charge on any atom is 0.698 e. The molecule has 1 aromatic rings. The second kappa shape index (κ2) is 3.31. The second-order valence-corrected chi connectivity index (χ2v) is 3.55. The van der Waals surface area contributed by atoms with Crippen LogP contribution < -0.4 is 0 Å². The molecule has 0 aromatic heterocycles. The zero-order valence-electron chi connectivity index (χ0n) is 6.40. The standard InChI is InChI=1S/C8H8O3P/c9-12-10-5-7-1-2-8(4-3-7)6-11-12/h1-4H,5-6H2/q+1. The lowest BCUT2D eigenvalue weighted by atomic mass is 10.1. The molecule has 62 valence electrons. The van der Waals surface area contributed by atoms with Crippen molar-refractivity contribution in [1.82, 2.24) is 0 Å². The molecular formula is C8H8O3P+. The van der Waals surface area contributed by atoms with E-state index in [1.807, 2.05) is 24.3 Å². The molecule has 2 bridgehead atoms. The molecule has 0 radical (unpaired) electrons. The lowest BCUT2D eigenvalue weighted by Crippen LogP contribution is -1.83. The first-order valence-electron chi connectivity index (χ1n) is 3.65. The van der Waals surface area contributed by atoms with Gasteiger partial charge in [0.1, 0.15) is 13.2 Å². The third-order valence-electron chi connectivity index (χ3n) is 1.70. The van der Waals surface area contributed by atoms with Gasteiger partial charge in [-0.2, -0.15) is 0 Å². The summed E-state index contributed by atoms with van der Waals surface area (Å²) in [4.78, 5) is 0. The Morgan fingerprint density at radius 3 is 1.83 bits per heavy atom. The fourth-order valence-corrected chi connectivity index (χ4v) is 1.61. The lowest BCUT2D eigenvalue weighted by molar-refractivity contribution is 0.215. The Kier molecular flexibility index (Phi) is 2.17. The van der Waals surface area contributed by atoms with Gasteiger partial charge in [-0.15, -0.1) is 9.05 Å². The van der Waals surface area contributed by atoms with Crippen LogP contribution in [0, 0.1) is 0 Å². The summed E-state index contributed by atoms with van der Waals surface area (Å²) in [5.74, 6) is 0. The number of fused-ring (bicyclic) bond motifs is 6. The molecule has 2 aliphatic heterocycles. The minimum atomic E-state index is -1.94.